The number of nitrogens with one attached hydrogen (secondary N) is 1. The molecule has 0 aromatic heterocycles. The van der Waals surface area contributed by atoms with Crippen molar-refractivity contribution in [1.29, 1.82) is 0 Å². The highest BCUT2D eigenvalue weighted by Gasteiger charge is 2.19. The van der Waals surface area contributed by atoms with Gasteiger partial charge in [0.2, 0.25) is 16.8 Å². The summed E-state index contributed by atoms with van der Waals surface area (Å²) in [5, 5.41) is 0. The van der Waals surface area contributed by atoms with E-state index in [4.69, 9.17) is 9.47 Å². The van der Waals surface area contributed by atoms with E-state index in [0.29, 0.717) is 17.1 Å². The second-order valence-corrected chi connectivity index (χ2v) is 6.68. The zero-order valence-corrected chi connectivity index (χ0v) is 12.7. The third-order valence-corrected chi connectivity index (χ3v) is 4.80. The molecule has 1 aliphatic heterocycles. The standard InChI is InChI=1S/C15H13F2NO4S/c16-12-3-1-10(7-13(12)17)5-6-18-23(19,20)11-2-4-14-15(8-11)22-9-21-14/h1-4,7-8,18H,5-6,9H2. The number of hydrogen-bond acceptors (Lipinski definition) is 4. The molecule has 1 N–H and O–H groups in total. The van der Waals surface area contributed by atoms with Crippen molar-refractivity contribution in [2.24, 2.45) is 0 Å². The maximum atomic E-state index is 13.1. The van der Waals surface area contributed by atoms with Crippen LogP contribution < -0.4 is 14.2 Å². The number of hydrogen-bond donors (Lipinski definition) is 1. The molecule has 0 atom stereocenters. The fourth-order valence-corrected chi connectivity index (χ4v) is 3.20. The van der Waals surface area contributed by atoms with E-state index in [1.807, 2.05) is 0 Å². The molecule has 0 saturated heterocycles. The maximum Gasteiger partial charge on any atom is 0.240 e. The zero-order valence-electron chi connectivity index (χ0n) is 11.9. The number of sulfonamides is 1. The highest BCUT2D eigenvalue weighted by molar-refractivity contribution is 7.89. The topological polar surface area (TPSA) is 64.6 Å². The van der Waals surface area contributed by atoms with Crippen molar-refractivity contribution >= 4 is 10.0 Å². The average Bonchev–Trinajstić information content (AvgIpc) is 2.98. The maximum absolute atomic E-state index is 13.1. The largest absolute Gasteiger partial charge is 0.454 e. The molecule has 0 aliphatic carbocycles. The van der Waals surface area contributed by atoms with Gasteiger partial charge in [-0.2, -0.15) is 0 Å². The Morgan fingerprint density at radius 2 is 1.78 bits per heavy atom. The Bertz CT molecular complexity index is 839. The molecule has 0 radical (unpaired) electrons. The Morgan fingerprint density at radius 3 is 2.57 bits per heavy atom. The number of fused-ring (bicyclic) bond motifs is 1. The van der Waals surface area contributed by atoms with Crippen molar-refractivity contribution in [3.05, 3.63) is 53.6 Å². The number of ether oxygens (including phenoxy) is 2. The van der Waals surface area contributed by atoms with Gasteiger partial charge >= 0.3 is 0 Å². The van der Waals surface area contributed by atoms with Crippen LogP contribution in [0.1, 0.15) is 5.56 Å². The minimum atomic E-state index is -3.72. The smallest absolute Gasteiger partial charge is 0.240 e. The molecule has 2 aromatic carbocycles. The minimum absolute atomic E-state index is 0.0482. The molecule has 0 unspecified atom stereocenters. The molecule has 23 heavy (non-hydrogen) atoms. The van der Waals surface area contributed by atoms with Crippen LogP contribution in [-0.4, -0.2) is 21.8 Å². The lowest BCUT2D eigenvalue weighted by atomic mass is 10.1. The van der Waals surface area contributed by atoms with Gasteiger partial charge in [0.1, 0.15) is 0 Å². The summed E-state index contributed by atoms with van der Waals surface area (Å²) in [6.45, 7) is 0.115. The van der Waals surface area contributed by atoms with Gasteiger partial charge in [-0.3, -0.25) is 0 Å². The molecule has 0 bridgehead atoms. The predicted octanol–water partition coefficient (Wildman–Crippen LogP) is 2.21. The fraction of sp³-hybridized carbons (Fsp3) is 0.200. The predicted molar refractivity (Wildman–Crippen MR) is 77.8 cm³/mol. The van der Waals surface area contributed by atoms with Crippen LogP contribution >= 0.6 is 0 Å². The molecule has 8 heteroatoms. The number of rotatable bonds is 5. The summed E-state index contributed by atoms with van der Waals surface area (Å²) in [7, 11) is -3.72. The summed E-state index contributed by atoms with van der Waals surface area (Å²) < 4.78 is 63.0. The lowest BCUT2D eigenvalue weighted by Crippen LogP contribution is -2.26. The third-order valence-electron chi connectivity index (χ3n) is 3.34. The van der Waals surface area contributed by atoms with E-state index in [2.05, 4.69) is 4.72 Å². The van der Waals surface area contributed by atoms with E-state index in [1.165, 1.54) is 24.3 Å². The SMILES string of the molecule is O=S(=O)(NCCc1ccc(F)c(F)c1)c1ccc2c(c1)OCO2. The Labute approximate surface area is 131 Å². The van der Waals surface area contributed by atoms with Crippen LogP contribution in [0.4, 0.5) is 8.78 Å². The van der Waals surface area contributed by atoms with Crippen molar-refractivity contribution in [1.82, 2.24) is 4.72 Å². The van der Waals surface area contributed by atoms with Gasteiger partial charge in [-0.25, -0.2) is 21.9 Å². The monoisotopic (exact) mass is 341 g/mol. The van der Waals surface area contributed by atoms with E-state index in [9.17, 15) is 17.2 Å². The van der Waals surface area contributed by atoms with E-state index < -0.39 is 21.7 Å². The Kier molecular flexibility index (Phi) is 4.18. The molecule has 1 aliphatic rings. The Morgan fingerprint density at radius 1 is 1.00 bits per heavy atom. The first-order valence-electron chi connectivity index (χ1n) is 6.79. The highest BCUT2D eigenvalue weighted by Crippen LogP contribution is 2.33. The second kappa shape index (κ2) is 6.13. The normalized spacial score (nSPS) is 13.3. The zero-order chi connectivity index (χ0) is 16.4. The molecule has 1 heterocycles. The Balaban J connectivity index is 1.66. The summed E-state index contributed by atoms with van der Waals surface area (Å²) in [6.07, 6.45) is 0.237. The van der Waals surface area contributed by atoms with Crippen LogP contribution in [0.25, 0.3) is 0 Å². The Hall–Kier alpha value is -2.19. The van der Waals surface area contributed by atoms with Gasteiger partial charge in [0.15, 0.2) is 23.1 Å². The van der Waals surface area contributed by atoms with Crippen LogP contribution in [0.5, 0.6) is 11.5 Å². The average molecular weight is 341 g/mol. The van der Waals surface area contributed by atoms with Crippen LogP contribution in [0.2, 0.25) is 0 Å². The number of halogens is 2. The number of benzene rings is 2. The van der Waals surface area contributed by atoms with Crippen LogP contribution in [-0.2, 0) is 16.4 Å². The van der Waals surface area contributed by atoms with Gasteiger partial charge in [-0.1, -0.05) is 6.07 Å². The van der Waals surface area contributed by atoms with Crippen LogP contribution in [0, 0.1) is 11.6 Å². The first kappa shape index (κ1) is 15.7. The summed E-state index contributed by atoms with van der Waals surface area (Å²) in [4.78, 5) is 0.0482. The molecule has 5 nitrogen and oxygen atoms in total. The first-order chi connectivity index (χ1) is 11.0. The van der Waals surface area contributed by atoms with Crippen molar-refractivity contribution in [2.45, 2.75) is 11.3 Å². The molecule has 2 aromatic rings. The van der Waals surface area contributed by atoms with Crippen LogP contribution in [0.15, 0.2) is 41.3 Å². The lowest BCUT2D eigenvalue weighted by Gasteiger charge is -2.08. The van der Waals surface area contributed by atoms with Crippen molar-refractivity contribution < 1.29 is 26.7 Å². The summed E-state index contributed by atoms with van der Waals surface area (Å²) in [5.74, 6) is -1.03. The van der Waals surface area contributed by atoms with Gasteiger partial charge in [0.05, 0.1) is 4.90 Å². The van der Waals surface area contributed by atoms with Gasteiger partial charge < -0.3 is 9.47 Å². The fourth-order valence-electron chi connectivity index (χ4n) is 2.15. The van der Waals surface area contributed by atoms with Gasteiger partial charge in [-0.15, -0.1) is 0 Å². The van der Waals surface area contributed by atoms with Gasteiger partial charge in [0, 0.05) is 12.6 Å². The van der Waals surface area contributed by atoms with E-state index in [-0.39, 0.29) is 24.7 Å². The highest BCUT2D eigenvalue weighted by atomic mass is 32.2. The second-order valence-electron chi connectivity index (χ2n) is 4.91. The first-order valence-corrected chi connectivity index (χ1v) is 8.27. The molecule has 0 spiro atoms. The van der Waals surface area contributed by atoms with Crippen molar-refractivity contribution in [2.75, 3.05) is 13.3 Å². The van der Waals surface area contributed by atoms with Crippen molar-refractivity contribution in [3.8, 4) is 11.5 Å². The quantitative estimate of drug-likeness (QED) is 0.906. The molecule has 0 saturated carbocycles. The van der Waals surface area contributed by atoms with E-state index in [0.717, 1.165) is 12.1 Å². The minimum Gasteiger partial charge on any atom is -0.454 e. The van der Waals surface area contributed by atoms with Crippen LogP contribution in [0.3, 0.4) is 0 Å². The summed E-state index contributed by atoms with van der Waals surface area (Å²) in [6, 6.07) is 7.77. The van der Waals surface area contributed by atoms with Crippen molar-refractivity contribution in [3.63, 3.8) is 0 Å². The molecule has 0 fully saturated rings. The summed E-state index contributed by atoms with van der Waals surface area (Å²) >= 11 is 0. The van der Waals surface area contributed by atoms with E-state index in [1.54, 1.807) is 0 Å². The third kappa shape index (κ3) is 3.43. The molecular weight excluding hydrogens is 328 g/mol. The molecule has 3 rings (SSSR count). The molecular formula is C15H13F2NO4S. The molecule has 122 valence electrons. The lowest BCUT2D eigenvalue weighted by molar-refractivity contribution is 0.174. The van der Waals surface area contributed by atoms with Gasteiger partial charge in [0.25, 0.3) is 0 Å². The van der Waals surface area contributed by atoms with Gasteiger partial charge in [-0.05, 0) is 36.2 Å². The summed E-state index contributed by atoms with van der Waals surface area (Å²) in [5.41, 5.74) is 0.497. The molecule has 0 amide bonds. The van der Waals surface area contributed by atoms with E-state index >= 15 is 0 Å².